The van der Waals surface area contributed by atoms with Gasteiger partial charge in [0.05, 0.1) is 6.10 Å². The maximum absolute atomic E-state index is 12.4. The topological polar surface area (TPSA) is 56.8 Å². The van der Waals surface area contributed by atoms with E-state index in [-0.39, 0.29) is 12.0 Å². The highest BCUT2D eigenvalue weighted by molar-refractivity contribution is 5.94. The zero-order valence-electron chi connectivity index (χ0n) is 16.8. The molecular formula is C23H29NO4. The number of hydrogen-bond donors (Lipinski definition) is 1. The molecule has 2 aromatic carbocycles. The Morgan fingerprint density at radius 1 is 1.07 bits per heavy atom. The predicted octanol–water partition coefficient (Wildman–Crippen LogP) is 4.77. The van der Waals surface area contributed by atoms with Gasteiger partial charge >= 0.3 is 0 Å². The number of benzene rings is 2. The van der Waals surface area contributed by atoms with Crippen LogP contribution in [-0.2, 0) is 9.53 Å². The van der Waals surface area contributed by atoms with Crippen molar-refractivity contribution in [2.75, 3.05) is 18.5 Å². The number of carbonyl (C=O) groups is 1. The summed E-state index contributed by atoms with van der Waals surface area (Å²) in [6, 6.07) is 15.2. The van der Waals surface area contributed by atoms with Gasteiger partial charge in [0.15, 0.2) is 6.10 Å². The molecule has 1 amide bonds. The van der Waals surface area contributed by atoms with Crippen LogP contribution in [0.15, 0.2) is 48.5 Å². The fourth-order valence-corrected chi connectivity index (χ4v) is 3.03. The number of nitrogens with one attached hydrogen (secondary N) is 1. The van der Waals surface area contributed by atoms with Crippen molar-refractivity contribution < 1.29 is 19.0 Å². The Hall–Kier alpha value is -2.53. The van der Waals surface area contributed by atoms with Gasteiger partial charge in [-0.3, -0.25) is 4.79 Å². The van der Waals surface area contributed by atoms with Crippen molar-refractivity contribution in [3.63, 3.8) is 0 Å². The summed E-state index contributed by atoms with van der Waals surface area (Å²) in [6.45, 7) is 7.41. The largest absolute Gasteiger partial charge is 0.491 e. The highest BCUT2D eigenvalue weighted by Crippen LogP contribution is 2.21. The van der Waals surface area contributed by atoms with E-state index < -0.39 is 6.10 Å². The molecule has 5 nitrogen and oxygen atoms in total. The number of anilines is 1. The third-order valence-electron chi connectivity index (χ3n) is 4.81. The van der Waals surface area contributed by atoms with E-state index in [0.29, 0.717) is 24.0 Å². The molecule has 1 saturated heterocycles. The first-order valence-electron chi connectivity index (χ1n) is 9.93. The van der Waals surface area contributed by atoms with Crippen molar-refractivity contribution in [2.45, 2.75) is 51.7 Å². The molecule has 3 rings (SSSR count). The standard InChI is InChI=1S/C23H29NO4/c1-16(2)18-6-10-21(11-7-18)28-17(3)23(25)24-19-8-12-20(13-9-19)27-15-22-5-4-14-26-22/h6-13,16-17,22H,4-5,14-15H2,1-3H3,(H,24,25)/t17-,22+/m1/s1. The molecule has 1 N–H and O–H groups in total. The minimum atomic E-state index is -0.597. The number of hydrogen-bond acceptors (Lipinski definition) is 4. The van der Waals surface area contributed by atoms with Gasteiger partial charge in [-0.1, -0.05) is 26.0 Å². The summed E-state index contributed by atoms with van der Waals surface area (Å²) < 4.78 is 17.0. The molecule has 1 aliphatic heterocycles. The molecule has 5 heteroatoms. The van der Waals surface area contributed by atoms with Crippen LogP contribution in [0.25, 0.3) is 0 Å². The fourth-order valence-electron chi connectivity index (χ4n) is 3.03. The van der Waals surface area contributed by atoms with Gasteiger partial charge in [0.1, 0.15) is 18.1 Å². The summed E-state index contributed by atoms with van der Waals surface area (Å²) in [5, 5.41) is 2.87. The van der Waals surface area contributed by atoms with Gasteiger partial charge in [-0.15, -0.1) is 0 Å². The van der Waals surface area contributed by atoms with Gasteiger partial charge in [-0.25, -0.2) is 0 Å². The second kappa shape index (κ2) is 9.60. The Labute approximate surface area is 167 Å². The molecule has 0 aliphatic carbocycles. The molecule has 0 unspecified atom stereocenters. The van der Waals surface area contributed by atoms with Crippen molar-refractivity contribution in [1.82, 2.24) is 0 Å². The lowest BCUT2D eigenvalue weighted by Gasteiger charge is -2.16. The molecule has 0 spiro atoms. The third kappa shape index (κ3) is 5.73. The maximum atomic E-state index is 12.4. The third-order valence-corrected chi connectivity index (χ3v) is 4.81. The molecule has 2 aromatic rings. The van der Waals surface area contributed by atoms with E-state index in [1.54, 1.807) is 6.92 Å². The average Bonchev–Trinajstić information content (AvgIpc) is 3.21. The van der Waals surface area contributed by atoms with Gasteiger partial charge in [-0.05, 0) is 67.6 Å². The zero-order valence-corrected chi connectivity index (χ0v) is 16.8. The fraction of sp³-hybridized carbons (Fsp3) is 0.435. The summed E-state index contributed by atoms with van der Waals surface area (Å²) in [7, 11) is 0. The van der Waals surface area contributed by atoms with E-state index in [2.05, 4.69) is 19.2 Å². The summed E-state index contributed by atoms with van der Waals surface area (Å²) in [6.07, 6.45) is 1.74. The summed E-state index contributed by atoms with van der Waals surface area (Å²) in [5.74, 6) is 1.72. The lowest BCUT2D eigenvalue weighted by Crippen LogP contribution is -2.30. The van der Waals surface area contributed by atoms with Crippen molar-refractivity contribution in [3.05, 3.63) is 54.1 Å². The Morgan fingerprint density at radius 2 is 1.75 bits per heavy atom. The van der Waals surface area contributed by atoms with Crippen molar-refractivity contribution in [2.24, 2.45) is 0 Å². The Balaban J connectivity index is 1.47. The van der Waals surface area contributed by atoms with Crippen molar-refractivity contribution in [1.29, 1.82) is 0 Å². The van der Waals surface area contributed by atoms with Crippen LogP contribution >= 0.6 is 0 Å². The van der Waals surface area contributed by atoms with Crippen LogP contribution in [0, 0.1) is 0 Å². The monoisotopic (exact) mass is 383 g/mol. The molecule has 0 saturated carbocycles. The van der Waals surface area contributed by atoms with Crippen LogP contribution in [-0.4, -0.2) is 31.3 Å². The normalized spacial score (nSPS) is 17.4. The van der Waals surface area contributed by atoms with E-state index >= 15 is 0 Å². The van der Waals surface area contributed by atoms with Gasteiger partial charge in [0.25, 0.3) is 5.91 Å². The minimum Gasteiger partial charge on any atom is -0.491 e. The van der Waals surface area contributed by atoms with Gasteiger partial charge in [-0.2, -0.15) is 0 Å². The van der Waals surface area contributed by atoms with E-state index in [9.17, 15) is 4.79 Å². The number of ether oxygens (including phenoxy) is 3. The molecule has 0 aromatic heterocycles. The lowest BCUT2D eigenvalue weighted by molar-refractivity contribution is -0.122. The summed E-state index contributed by atoms with van der Waals surface area (Å²) in [4.78, 5) is 12.4. The van der Waals surface area contributed by atoms with E-state index in [1.165, 1.54) is 5.56 Å². The van der Waals surface area contributed by atoms with E-state index in [4.69, 9.17) is 14.2 Å². The van der Waals surface area contributed by atoms with E-state index in [0.717, 1.165) is 25.2 Å². The molecule has 0 radical (unpaired) electrons. The second-order valence-electron chi connectivity index (χ2n) is 7.44. The number of rotatable bonds is 8. The first kappa shape index (κ1) is 20.2. The summed E-state index contributed by atoms with van der Waals surface area (Å²) >= 11 is 0. The first-order valence-corrected chi connectivity index (χ1v) is 9.93. The number of carbonyl (C=O) groups excluding carboxylic acids is 1. The molecule has 1 heterocycles. The van der Waals surface area contributed by atoms with E-state index in [1.807, 2.05) is 48.5 Å². The quantitative estimate of drug-likeness (QED) is 0.713. The first-order chi connectivity index (χ1) is 13.5. The lowest BCUT2D eigenvalue weighted by atomic mass is 10.0. The van der Waals surface area contributed by atoms with Crippen LogP contribution in [0.1, 0.15) is 45.1 Å². The van der Waals surface area contributed by atoms with Gasteiger partial charge < -0.3 is 19.5 Å². The predicted molar refractivity (Wildman–Crippen MR) is 110 cm³/mol. The van der Waals surface area contributed by atoms with Gasteiger partial charge in [0.2, 0.25) is 0 Å². The molecule has 1 fully saturated rings. The molecule has 2 atom stereocenters. The Kier molecular flexibility index (Phi) is 6.93. The van der Waals surface area contributed by atoms with Gasteiger partial charge in [0, 0.05) is 12.3 Å². The number of amides is 1. The molecule has 0 bridgehead atoms. The SMILES string of the molecule is CC(C)c1ccc(O[C@H](C)C(=O)Nc2ccc(OC[C@@H]3CCCO3)cc2)cc1. The molecule has 150 valence electrons. The van der Waals surface area contributed by atoms with Crippen LogP contribution in [0.4, 0.5) is 5.69 Å². The molecule has 28 heavy (non-hydrogen) atoms. The average molecular weight is 383 g/mol. The highest BCUT2D eigenvalue weighted by Gasteiger charge is 2.17. The van der Waals surface area contributed by atoms with Crippen LogP contribution < -0.4 is 14.8 Å². The smallest absolute Gasteiger partial charge is 0.265 e. The second-order valence-corrected chi connectivity index (χ2v) is 7.44. The highest BCUT2D eigenvalue weighted by atomic mass is 16.5. The molecule has 1 aliphatic rings. The summed E-state index contributed by atoms with van der Waals surface area (Å²) in [5.41, 5.74) is 1.95. The van der Waals surface area contributed by atoms with Crippen molar-refractivity contribution >= 4 is 11.6 Å². The maximum Gasteiger partial charge on any atom is 0.265 e. The van der Waals surface area contributed by atoms with Crippen molar-refractivity contribution in [3.8, 4) is 11.5 Å². The molecular weight excluding hydrogens is 354 g/mol. The minimum absolute atomic E-state index is 0.187. The Bertz CT molecular complexity index is 749. The van der Waals surface area contributed by atoms with Crippen LogP contribution in [0.2, 0.25) is 0 Å². The van der Waals surface area contributed by atoms with Crippen LogP contribution in [0.3, 0.4) is 0 Å². The van der Waals surface area contributed by atoms with Crippen LogP contribution in [0.5, 0.6) is 11.5 Å². The zero-order chi connectivity index (χ0) is 19.9. The Morgan fingerprint density at radius 3 is 2.36 bits per heavy atom.